The van der Waals surface area contributed by atoms with Crippen molar-refractivity contribution >= 4 is 40.1 Å². The van der Waals surface area contributed by atoms with Gasteiger partial charge in [0.1, 0.15) is 12.4 Å². The first-order chi connectivity index (χ1) is 20.8. The fourth-order valence-electron chi connectivity index (χ4n) is 5.66. The summed E-state index contributed by atoms with van der Waals surface area (Å²) in [4.78, 5) is 28.2. The number of aromatic nitrogens is 1. The molecule has 1 aliphatic rings. The van der Waals surface area contributed by atoms with Crippen LogP contribution in [-0.4, -0.2) is 33.8 Å². The van der Waals surface area contributed by atoms with E-state index in [0.29, 0.717) is 55.5 Å². The Kier molecular flexibility index (Phi) is 7.66. The van der Waals surface area contributed by atoms with Crippen LogP contribution in [0.1, 0.15) is 50.8 Å². The monoisotopic (exact) mass is 596 g/mol. The quantitative estimate of drug-likeness (QED) is 0.219. The number of benzene rings is 4. The van der Waals surface area contributed by atoms with E-state index in [0.717, 1.165) is 5.39 Å². The molecule has 0 spiro atoms. The first-order valence-electron chi connectivity index (χ1n) is 13.7. The van der Waals surface area contributed by atoms with Crippen LogP contribution in [0.3, 0.4) is 0 Å². The lowest BCUT2D eigenvalue weighted by Crippen LogP contribution is -2.25. The zero-order valence-corrected chi connectivity index (χ0v) is 24.3. The Hall–Kier alpha value is -4.63. The Morgan fingerprint density at radius 1 is 0.884 bits per heavy atom. The number of ether oxygens (including phenoxy) is 2. The average Bonchev–Trinajstić information content (AvgIpc) is 3.44. The predicted octanol–water partition coefficient (Wildman–Crippen LogP) is 6.09. The minimum Gasteiger partial charge on any atom is -0.497 e. The zero-order chi connectivity index (χ0) is 30.2. The van der Waals surface area contributed by atoms with Gasteiger partial charge in [0.25, 0.3) is 5.91 Å². The Morgan fingerprint density at radius 2 is 1.58 bits per heavy atom. The number of esters is 1. The van der Waals surface area contributed by atoms with Crippen molar-refractivity contribution < 1.29 is 29.3 Å². The summed E-state index contributed by atoms with van der Waals surface area (Å²) in [6.45, 7) is 1.79. The molecule has 0 fully saturated rings. The van der Waals surface area contributed by atoms with E-state index < -0.39 is 18.4 Å². The van der Waals surface area contributed by atoms with Gasteiger partial charge in [-0.2, -0.15) is 0 Å². The molecule has 43 heavy (non-hydrogen) atoms. The molecule has 8 nitrogen and oxygen atoms in total. The third kappa shape index (κ3) is 5.25. The standard InChI is InChI=1S/C34H29ClN2O6/c1-20-28(29-17-25(42-2)14-15-30(29)36(20)32(39)22-10-12-23(35)13-11-22)18-31(38)43-19-21-6-5-7-24(16-21)37-33(40)26-8-3-4-9-27(26)34(37)41/h3-17,33-34,40-41H,18-19H2,1-2H3. The van der Waals surface area contributed by atoms with Crippen molar-refractivity contribution in [3.63, 3.8) is 0 Å². The molecule has 6 rings (SSSR count). The predicted molar refractivity (Wildman–Crippen MR) is 163 cm³/mol. The number of nitrogens with zero attached hydrogens (tertiary/aromatic N) is 2. The van der Waals surface area contributed by atoms with Crippen molar-refractivity contribution in [3.8, 4) is 5.75 Å². The van der Waals surface area contributed by atoms with Gasteiger partial charge in [0.15, 0.2) is 12.5 Å². The van der Waals surface area contributed by atoms with Crippen LogP contribution in [0.2, 0.25) is 5.02 Å². The van der Waals surface area contributed by atoms with Crippen molar-refractivity contribution in [2.24, 2.45) is 0 Å². The molecule has 0 aliphatic carbocycles. The van der Waals surface area contributed by atoms with Crippen LogP contribution in [0.5, 0.6) is 5.75 Å². The SMILES string of the molecule is COc1ccc2c(c1)c(CC(=O)OCc1cccc(N3C(O)c4ccccc4C3O)c1)c(C)n2C(=O)c1ccc(Cl)cc1. The summed E-state index contributed by atoms with van der Waals surface area (Å²) in [6.07, 6.45) is -2.07. The molecule has 4 aromatic carbocycles. The lowest BCUT2D eigenvalue weighted by molar-refractivity contribution is -0.144. The van der Waals surface area contributed by atoms with Gasteiger partial charge in [0.2, 0.25) is 0 Å². The number of aliphatic hydroxyl groups excluding tert-OH is 2. The number of aliphatic hydroxyl groups is 2. The summed E-state index contributed by atoms with van der Waals surface area (Å²) in [5.41, 5.74) is 4.98. The average molecular weight is 597 g/mol. The van der Waals surface area contributed by atoms with Crippen molar-refractivity contribution in [1.29, 1.82) is 0 Å². The minimum atomic E-state index is -1.00. The maximum Gasteiger partial charge on any atom is 0.310 e. The first kappa shape index (κ1) is 28.5. The Bertz CT molecular complexity index is 1820. The maximum atomic E-state index is 13.5. The van der Waals surface area contributed by atoms with Gasteiger partial charge in [0, 0.05) is 38.5 Å². The largest absolute Gasteiger partial charge is 0.497 e. The second-order valence-electron chi connectivity index (χ2n) is 10.4. The highest BCUT2D eigenvalue weighted by Gasteiger charge is 2.36. The summed E-state index contributed by atoms with van der Waals surface area (Å²) in [5.74, 6) is -0.111. The fourth-order valence-corrected chi connectivity index (χ4v) is 5.78. The van der Waals surface area contributed by atoms with Crippen molar-refractivity contribution in [1.82, 2.24) is 4.57 Å². The van der Waals surface area contributed by atoms with Crippen molar-refractivity contribution in [2.45, 2.75) is 32.4 Å². The van der Waals surface area contributed by atoms with Gasteiger partial charge in [-0.05, 0) is 72.6 Å². The van der Waals surface area contributed by atoms with Crippen LogP contribution in [0.4, 0.5) is 5.69 Å². The topological polar surface area (TPSA) is 101 Å². The summed E-state index contributed by atoms with van der Waals surface area (Å²) >= 11 is 6.02. The van der Waals surface area contributed by atoms with Crippen LogP contribution in [0.15, 0.2) is 91.0 Å². The molecule has 0 saturated carbocycles. The number of rotatable bonds is 7. The third-order valence-electron chi connectivity index (χ3n) is 7.85. The van der Waals surface area contributed by atoms with Crippen LogP contribution in [0, 0.1) is 6.92 Å². The van der Waals surface area contributed by atoms with E-state index in [1.807, 2.05) is 24.3 Å². The molecule has 0 bridgehead atoms. The molecule has 1 aliphatic heterocycles. The molecule has 0 saturated heterocycles. The van der Waals surface area contributed by atoms with Crippen LogP contribution in [-0.2, 0) is 22.6 Å². The highest BCUT2D eigenvalue weighted by molar-refractivity contribution is 6.30. The molecule has 5 aromatic rings. The Morgan fingerprint density at radius 3 is 2.26 bits per heavy atom. The van der Waals surface area contributed by atoms with Crippen LogP contribution in [0.25, 0.3) is 10.9 Å². The van der Waals surface area contributed by atoms with Gasteiger partial charge in [-0.15, -0.1) is 0 Å². The van der Waals surface area contributed by atoms with E-state index in [-0.39, 0.29) is 18.9 Å². The number of carbonyl (C=O) groups is 2. The van der Waals surface area contributed by atoms with Gasteiger partial charge < -0.3 is 24.6 Å². The molecule has 1 aromatic heterocycles. The van der Waals surface area contributed by atoms with E-state index in [2.05, 4.69) is 0 Å². The zero-order valence-electron chi connectivity index (χ0n) is 23.5. The molecule has 2 unspecified atom stereocenters. The lowest BCUT2D eigenvalue weighted by Gasteiger charge is -2.27. The van der Waals surface area contributed by atoms with Crippen LogP contribution >= 0.6 is 11.6 Å². The van der Waals surface area contributed by atoms with E-state index in [1.165, 1.54) is 4.90 Å². The summed E-state index contributed by atoms with van der Waals surface area (Å²) in [6, 6.07) is 26.4. The van der Waals surface area contributed by atoms with E-state index >= 15 is 0 Å². The third-order valence-corrected chi connectivity index (χ3v) is 8.10. The molecule has 9 heteroatoms. The summed E-state index contributed by atoms with van der Waals surface area (Å²) in [7, 11) is 1.56. The number of methoxy groups -OCH3 is 1. The molecular formula is C34H29ClN2O6. The van der Waals surface area contributed by atoms with E-state index in [4.69, 9.17) is 21.1 Å². The number of hydrogen-bond acceptors (Lipinski definition) is 7. The minimum absolute atomic E-state index is 0.00956. The molecule has 2 N–H and O–H groups in total. The van der Waals surface area contributed by atoms with Gasteiger partial charge in [-0.25, -0.2) is 0 Å². The van der Waals surface area contributed by atoms with E-state index in [1.54, 1.807) is 85.3 Å². The Labute approximate surface area is 253 Å². The van der Waals surface area contributed by atoms with Gasteiger partial charge >= 0.3 is 5.97 Å². The second kappa shape index (κ2) is 11.6. The van der Waals surface area contributed by atoms with E-state index in [9.17, 15) is 19.8 Å². The second-order valence-corrected chi connectivity index (χ2v) is 10.8. The number of hydrogen-bond donors (Lipinski definition) is 2. The summed E-state index contributed by atoms with van der Waals surface area (Å²) in [5, 5.41) is 23.0. The Balaban J connectivity index is 1.23. The molecule has 0 amide bonds. The van der Waals surface area contributed by atoms with Gasteiger partial charge in [-0.1, -0.05) is 48.0 Å². The number of carbonyl (C=O) groups excluding carboxylic acids is 2. The molecule has 2 heterocycles. The summed E-state index contributed by atoms with van der Waals surface area (Å²) < 4.78 is 12.7. The van der Waals surface area contributed by atoms with Gasteiger partial charge in [0.05, 0.1) is 19.0 Å². The molecule has 218 valence electrons. The fraction of sp³-hybridized carbons (Fsp3) is 0.176. The van der Waals surface area contributed by atoms with Crippen molar-refractivity contribution in [2.75, 3.05) is 12.0 Å². The molecule has 2 atom stereocenters. The van der Waals surface area contributed by atoms with Crippen LogP contribution < -0.4 is 9.64 Å². The number of fused-ring (bicyclic) bond motifs is 2. The maximum absolute atomic E-state index is 13.5. The smallest absolute Gasteiger partial charge is 0.310 e. The van der Waals surface area contributed by atoms with Gasteiger partial charge in [-0.3, -0.25) is 14.2 Å². The molecular weight excluding hydrogens is 568 g/mol. The van der Waals surface area contributed by atoms with Crippen molar-refractivity contribution in [3.05, 3.63) is 130 Å². The molecule has 0 radical (unpaired) electrons. The first-order valence-corrected chi connectivity index (χ1v) is 14.1. The number of halogens is 1. The lowest BCUT2D eigenvalue weighted by atomic mass is 10.1. The highest BCUT2D eigenvalue weighted by atomic mass is 35.5. The highest BCUT2D eigenvalue weighted by Crippen LogP contribution is 2.42. The number of anilines is 1. The normalized spacial score (nSPS) is 15.9.